The van der Waals surface area contributed by atoms with Gasteiger partial charge in [-0.2, -0.15) is 0 Å². The molecule has 5 nitrogen and oxygen atoms in total. The van der Waals surface area contributed by atoms with Gasteiger partial charge in [0.2, 0.25) is 5.91 Å². The van der Waals surface area contributed by atoms with Crippen LogP contribution in [-0.4, -0.2) is 29.9 Å². The maximum atomic E-state index is 11.9. The molecule has 0 saturated heterocycles. The zero-order valence-corrected chi connectivity index (χ0v) is 12.3. The Morgan fingerprint density at radius 1 is 1.20 bits per heavy atom. The zero-order valence-electron chi connectivity index (χ0n) is 11.4. The molecule has 6 heteroatoms. The van der Waals surface area contributed by atoms with Crippen LogP contribution in [0, 0.1) is 0 Å². The standard InChI is InChI=1S/C14H19N3O2S/c1-2-7-16-12(18)6-8-17-14(19)11-5-3-4-10(9-11)13(15)20/h3-5,9H,2,6-8H2,1H3,(H2,15,20)(H,16,18)(H,17,19). The summed E-state index contributed by atoms with van der Waals surface area (Å²) in [5.41, 5.74) is 6.64. The summed E-state index contributed by atoms with van der Waals surface area (Å²) in [6, 6.07) is 6.78. The molecule has 20 heavy (non-hydrogen) atoms. The van der Waals surface area contributed by atoms with Gasteiger partial charge in [-0.1, -0.05) is 31.3 Å². The molecule has 0 aliphatic rings. The molecule has 0 aromatic heterocycles. The predicted molar refractivity (Wildman–Crippen MR) is 82.6 cm³/mol. The number of rotatable bonds is 7. The van der Waals surface area contributed by atoms with Crippen molar-refractivity contribution in [2.45, 2.75) is 19.8 Å². The average molecular weight is 293 g/mol. The molecule has 1 aromatic carbocycles. The number of benzene rings is 1. The van der Waals surface area contributed by atoms with Gasteiger partial charge in [0.25, 0.3) is 5.91 Å². The summed E-state index contributed by atoms with van der Waals surface area (Å²) in [5, 5.41) is 5.43. The predicted octanol–water partition coefficient (Wildman–Crippen LogP) is 0.967. The first-order valence-electron chi connectivity index (χ1n) is 6.49. The normalized spacial score (nSPS) is 9.85. The fraction of sp³-hybridized carbons (Fsp3) is 0.357. The maximum Gasteiger partial charge on any atom is 0.251 e. The third-order valence-corrected chi connectivity index (χ3v) is 2.85. The molecule has 0 fully saturated rings. The third-order valence-electron chi connectivity index (χ3n) is 2.62. The fourth-order valence-electron chi connectivity index (χ4n) is 1.56. The van der Waals surface area contributed by atoms with Gasteiger partial charge in [0, 0.05) is 30.6 Å². The third kappa shape index (κ3) is 5.36. The number of hydrogen-bond acceptors (Lipinski definition) is 3. The van der Waals surface area contributed by atoms with Crippen LogP contribution in [0.3, 0.4) is 0 Å². The molecular formula is C14H19N3O2S. The van der Waals surface area contributed by atoms with E-state index in [1.54, 1.807) is 24.3 Å². The molecule has 1 rings (SSSR count). The minimum absolute atomic E-state index is 0.0657. The first-order valence-corrected chi connectivity index (χ1v) is 6.90. The highest BCUT2D eigenvalue weighted by Crippen LogP contribution is 2.05. The van der Waals surface area contributed by atoms with E-state index in [1.165, 1.54) is 0 Å². The number of amides is 2. The second kappa shape index (κ2) is 8.27. The van der Waals surface area contributed by atoms with Gasteiger partial charge in [-0.3, -0.25) is 9.59 Å². The van der Waals surface area contributed by atoms with Gasteiger partial charge in [0.15, 0.2) is 0 Å². The van der Waals surface area contributed by atoms with Crippen LogP contribution in [0.15, 0.2) is 24.3 Å². The quantitative estimate of drug-likeness (QED) is 0.654. The molecule has 0 aliphatic carbocycles. The largest absolute Gasteiger partial charge is 0.389 e. The number of carbonyl (C=O) groups excluding carboxylic acids is 2. The lowest BCUT2D eigenvalue weighted by Gasteiger charge is -2.07. The minimum atomic E-state index is -0.244. The Bertz CT molecular complexity index is 503. The Balaban J connectivity index is 2.45. The second-order valence-electron chi connectivity index (χ2n) is 4.30. The Morgan fingerprint density at radius 3 is 2.55 bits per heavy atom. The van der Waals surface area contributed by atoms with E-state index in [9.17, 15) is 9.59 Å². The van der Waals surface area contributed by atoms with E-state index < -0.39 is 0 Å². The molecule has 0 aliphatic heterocycles. The van der Waals surface area contributed by atoms with Crippen LogP contribution < -0.4 is 16.4 Å². The molecule has 0 radical (unpaired) electrons. The van der Waals surface area contributed by atoms with Crippen molar-refractivity contribution in [2.24, 2.45) is 5.73 Å². The molecule has 108 valence electrons. The number of hydrogen-bond donors (Lipinski definition) is 3. The van der Waals surface area contributed by atoms with E-state index in [4.69, 9.17) is 18.0 Å². The molecule has 4 N–H and O–H groups in total. The summed E-state index contributed by atoms with van der Waals surface area (Å²) >= 11 is 4.86. The maximum absolute atomic E-state index is 11.9. The van der Waals surface area contributed by atoms with Crippen LogP contribution in [0.2, 0.25) is 0 Å². The van der Waals surface area contributed by atoms with Gasteiger partial charge < -0.3 is 16.4 Å². The Labute approximate surface area is 123 Å². The number of thiocarbonyl (C=S) groups is 1. The van der Waals surface area contributed by atoms with Crippen molar-refractivity contribution in [3.05, 3.63) is 35.4 Å². The lowest BCUT2D eigenvalue weighted by molar-refractivity contribution is -0.120. The van der Waals surface area contributed by atoms with Crippen LogP contribution in [0.1, 0.15) is 35.7 Å². The molecule has 0 bridgehead atoms. The van der Waals surface area contributed by atoms with E-state index in [0.717, 1.165) is 6.42 Å². The van der Waals surface area contributed by atoms with Crippen molar-refractivity contribution in [3.63, 3.8) is 0 Å². The van der Waals surface area contributed by atoms with Crippen LogP contribution in [0.5, 0.6) is 0 Å². The Kier molecular flexibility index (Phi) is 6.66. The van der Waals surface area contributed by atoms with Crippen LogP contribution in [-0.2, 0) is 4.79 Å². The van der Waals surface area contributed by atoms with Crippen molar-refractivity contribution >= 4 is 29.0 Å². The van der Waals surface area contributed by atoms with Gasteiger partial charge in [-0.25, -0.2) is 0 Å². The fourth-order valence-corrected chi connectivity index (χ4v) is 1.69. The van der Waals surface area contributed by atoms with Gasteiger partial charge in [-0.15, -0.1) is 0 Å². The molecule has 0 saturated carbocycles. The van der Waals surface area contributed by atoms with E-state index in [2.05, 4.69) is 10.6 Å². The number of carbonyl (C=O) groups is 2. The van der Waals surface area contributed by atoms with E-state index >= 15 is 0 Å². The minimum Gasteiger partial charge on any atom is -0.389 e. The van der Waals surface area contributed by atoms with Gasteiger partial charge >= 0.3 is 0 Å². The topological polar surface area (TPSA) is 84.2 Å². The Morgan fingerprint density at radius 2 is 1.90 bits per heavy atom. The second-order valence-corrected chi connectivity index (χ2v) is 4.74. The number of nitrogens with one attached hydrogen (secondary N) is 2. The van der Waals surface area contributed by atoms with Crippen molar-refractivity contribution in [1.29, 1.82) is 0 Å². The molecule has 0 heterocycles. The highest BCUT2D eigenvalue weighted by atomic mass is 32.1. The summed E-state index contributed by atoms with van der Waals surface area (Å²) in [4.78, 5) is 23.5. The molecule has 0 spiro atoms. The first kappa shape index (κ1) is 16.1. The van der Waals surface area contributed by atoms with Crippen LogP contribution in [0.4, 0.5) is 0 Å². The summed E-state index contributed by atoms with van der Waals surface area (Å²) in [6.07, 6.45) is 1.16. The molecule has 1 aromatic rings. The van der Waals surface area contributed by atoms with Crippen molar-refractivity contribution in [1.82, 2.24) is 10.6 Å². The van der Waals surface area contributed by atoms with Crippen LogP contribution >= 0.6 is 12.2 Å². The van der Waals surface area contributed by atoms with Gasteiger partial charge in [-0.05, 0) is 18.6 Å². The van der Waals surface area contributed by atoms with Gasteiger partial charge in [0.1, 0.15) is 4.99 Å². The lowest BCUT2D eigenvalue weighted by atomic mass is 10.1. The SMILES string of the molecule is CCCNC(=O)CCNC(=O)c1cccc(C(N)=S)c1. The monoisotopic (exact) mass is 293 g/mol. The molecular weight excluding hydrogens is 274 g/mol. The van der Waals surface area contributed by atoms with E-state index in [0.29, 0.717) is 24.2 Å². The molecule has 2 amide bonds. The molecule has 0 unspecified atom stereocenters. The highest BCUT2D eigenvalue weighted by Gasteiger charge is 2.07. The summed E-state index contributed by atoms with van der Waals surface area (Å²) < 4.78 is 0. The van der Waals surface area contributed by atoms with Crippen molar-refractivity contribution in [3.8, 4) is 0 Å². The van der Waals surface area contributed by atoms with E-state index in [1.807, 2.05) is 6.92 Å². The van der Waals surface area contributed by atoms with Gasteiger partial charge in [0.05, 0.1) is 0 Å². The Hall–Kier alpha value is -1.95. The summed E-state index contributed by atoms with van der Waals surface area (Å²) in [6.45, 7) is 2.94. The lowest BCUT2D eigenvalue weighted by Crippen LogP contribution is -2.31. The summed E-state index contributed by atoms with van der Waals surface area (Å²) in [7, 11) is 0. The first-order chi connectivity index (χ1) is 9.54. The average Bonchev–Trinajstić information content (AvgIpc) is 2.45. The van der Waals surface area contributed by atoms with E-state index in [-0.39, 0.29) is 23.2 Å². The van der Waals surface area contributed by atoms with Crippen molar-refractivity contribution in [2.75, 3.05) is 13.1 Å². The zero-order chi connectivity index (χ0) is 15.0. The number of nitrogens with two attached hydrogens (primary N) is 1. The highest BCUT2D eigenvalue weighted by molar-refractivity contribution is 7.80. The van der Waals surface area contributed by atoms with Crippen LogP contribution in [0.25, 0.3) is 0 Å². The van der Waals surface area contributed by atoms with Crippen molar-refractivity contribution < 1.29 is 9.59 Å². The smallest absolute Gasteiger partial charge is 0.251 e. The molecule has 0 atom stereocenters. The summed E-state index contributed by atoms with van der Waals surface area (Å²) in [5.74, 6) is -0.310.